The first-order chi connectivity index (χ1) is 12.2. The molecule has 0 radical (unpaired) electrons. The Labute approximate surface area is 150 Å². The average molecular weight is 334 g/mol. The SMILES string of the molecule is CCCc1ccc(-c2ccc(OC(=O)C[C@@H]3C[C@H]3C3CC3)cc2)cc1. The van der Waals surface area contributed by atoms with Crippen LogP contribution in [0.4, 0.5) is 0 Å². The number of esters is 1. The van der Waals surface area contributed by atoms with Crippen molar-refractivity contribution in [3.63, 3.8) is 0 Å². The Morgan fingerprint density at radius 2 is 1.64 bits per heavy atom. The van der Waals surface area contributed by atoms with Crippen LogP contribution in [0.5, 0.6) is 5.75 Å². The van der Waals surface area contributed by atoms with Crippen LogP contribution in [0.2, 0.25) is 0 Å². The molecule has 2 saturated carbocycles. The molecule has 0 aliphatic heterocycles. The standard InChI is InChI=1S/C23H26O2/c1-2-3-16-4-6-17(7-5-16)18-10-12-21(13-11-18)25-23(24)15-20-14-22(20)19-8-9-19/h4-7,10-13,19-20,22H,2-3,8-9,14-15H2,1H3/t20-,22-/m0/s1. The summed E-state index contributed by atoms with van der Waals surface area (Å²) in [4.78, 5) is 12.1. The summed E-state index contributed by atoms with van der Waals surface area (Å²) in [7, 11) is 0. The molecule has 0 heterocycles. The molecular weight excluding hydrogens is 308 g/mol. The van der Waals surface area contributed by atoms with Gasteiger partial charge in [0.2, 0.25) is 0 Å². The zero-order chi connectivity index (χ0) is 17.2. The van der Waals surface area contributed by atoms with Crippen LogP contribution in [0.15, 0.2) is 48.5 Å². The van der Waals surface area contributed by atoms with E-state index in [1.54, 1.807) is 0 Å². The number of ether oxygens (including phenoxy) is 1. The highest BCUT2D eigenvalue weighted by Gasteiger charge is 2.48. The van der Waals surface area contributed by atoms with Crippen LogP contribution >= 0.6 is 0 Å². The van der Waals surface area contributed by atoms with Gasteiger partial charge in [-0.15, -0.1) is 0 Å². The van der Waals surface area contributed by atoms with Gasteiger partial charge in [-0.3, -0.25) is 4.79 Å². The maximum atomic E-state index is 12.1. The van der Waals surface area contributed by atoms with E-state index in [4.69, 9.17) is 4.74 Å². The number of rotatable bonds is 7. The summed E-state index contributed by atoms with van der Waals surface area (Å²) in [6, 6.07) is 16.6. The molecule has 4 rings (SSSR count). The van der Waals surface area contributed by atoms with Crippen molar-refractivity contribution in [2.24, 2.45) is 17.8 Å². The Kier molecular flexibility index (Phi) is 4.61. The summed E-state index contributed by atoms with van der Waals surface area (Å²) in [5, 5.41) is 0. The van der Waals surface area contributed by atoms with Crippen LogP contribution in [-0.4, -0.2) is 5.97 Å². The first kappa shape index (κ1) is 16.4. The van der Waals surface area contributed by atoms with Gasteiger partial charge in [0.15, 0.2) is 0 Å². The lowest BCUT2D eigenvalue weighted by molar-refractivity contribution is -0.134. The topological polar surface area (TPSA) is 26.3 Å². The third-order valence-electron chi connectivity index (χ3n) is 5.55. The molecule has 25 heavy (non-hydrogen) atoms. The van der Waals surface area contributed by atoms with Crippen LogP contribution in [0, 0.1) is 17.8 Å². The van der Waals surface area contributed by atoms with Crippen molar-refractivity contribution < 1.29 is 9.53 Å². The maximum absolute atomic E-state index is 12.1. The highest BCUT2D eigenvalue weighted by Crippen LogP contribution is 2.55. The van der Waals surface area contributed by atoms with Gasteiger partial charge in [-0.05, 0) is 72.3 Å². The van der Waals surface area contributed by atoms with Crippen LogP contribution < -0.4 is 4.74 Å². The number of carbonyl (C=O) groups excluding carboxylic acids is 1. The third kappa shape index (κ3) is 4.12. The fraction of sp³-hybridized carbons (Fsp3) is 0.435. The largest absolute Gasteiger partial charge is 0.427 e. The molecule has 0 aromatic heterocycles. The van der Waals surface area contributed by atoms with Crippen molar-refractivity contribution in [3.05, 3.63) is 54.1 Å². The molecule has 2 heteroatoms. The highest BCUT2D eigenvalue weighted by atomic mass is 16.5. The minimum atomic E-state index is -0.0789. The molecule has 2 atom stereocenters. The lowest BCUT2D eigenvalue weighted by Gasteiger charge is -2.07. The van der Waals surface area contributed by atoms with Crippen LogP contribution in [0.3, 0.4) is 0 Å². The van der Waals surface area contributed by atoms with E-state index >= 15 is 0 Å². The Hall–Kier alpha value is -2.09. The van der Waals surface area contributed by atoms with Gasteiger partial charge in [-0.2, -0.15) is 0 Å². The second kappa shape index (κ2) is 7.03. The molecule has 0 saturated heterocycles. The quantitative estimate of drug-likeness (QED) is 0.483. The fourth-order valence-electron chi connectivity index (χ4n) is 3.86. The normalized spacial score (nSPS) is 21.8. The van der Waals surface area contributed by atoms with Crippen molar-refractivity contribution >= 4 is 5.97 Å². The van der Waals surface area contributed by atoms with E-state index in [1.807, 2.05) is 24.3 Å². The number of hydrogen-bond acceptors (Lipinski definition) is 2. The van der Waals surface area contributed by atoms with Crippen molar-refractivity contribution in [1.82, 2.24) is 0 Å². The molecule has 2 aliphatic rings. The van der Waals surface area contributed by atoms with Crippen molar-refractivity contribution in [3.8, 4) is 16.9 Å². The van der Waals surface area contributed by atoms with Gasteiger partial charge in [0, 0.05) is 6.42 Å². The smallest absolute Gasteiger partial charge is 0.311 e. The molecular formula is C23H26O2. The Bertz CT molecular complexity index is 726. The van der Waals surface area contributed by atoms with E-state index in [0.29, 0.717) is 18.1 Å². The van der Waals surface area contributed by atoms with Gasteiger partial charge in [-0.1, -0.05) is 49.7 Å². The third-order valence-corrected chi connectivity index (χ3v) is 5.55. The molecule has 2 aromatic carbocycles. The summed E-state index contributed by atoms with van der Waals surface area (Å²) in [6.07, 6.45) is 6.85. The zero-order valence-corrected chi connectivity index (χ0v) is 14.9. The monoisotopic (exact) mass is 334 g/mol. The Morgan fingerprint density at radius 1 is 1.00 bits per heavy atom. The second-order valence-electron chi connectivity index (χ2n) is 7.65. The van der Waals surface area contributed by atoms with Crippen molar-refractivity contribution in [2.45, 2.75) is 45.4 Å². The summed E-state index contributed by atoms with van der Waals surface area (Å²) in [5.41, 5.74) is 3.73. The Morgan fingerprint density at radius 3 is 2.24 bits per heavy atom. The first-order valence-corrected chi connectivity index (χ1v) is 9.63. The summed E-state index contributed by atoms with van der Waals surface area (Å²) < 4.78 is 5.52. The lowest BCUT2D eigenvalue weighted by Crippen LogP contribution is -2.09. The van der Waals surface area contributed by atoms with Crippen LogP contribution in [0.25, 0.3) is 11.1 Å². The zero-order valence-electron chi connectivity index (χ0n) is 14.9. The minimum Gasteiger partial charge on any atom is -0.427 e. The molecule has 2 nitrogen and oxygen atoms in total. The average Bonchev–Trinajstić information content (AvgIpc) is 3.51. The molecule has 0 N–H and O–H groups in total. The van der Waals surface area contributed by atoms with E-state index in [1.165, 1.54) is 36.8 Å². The van der Waals surface area contributed by atoms with E-state index in [9.17, 15) is 4.79 Å². The molecule has 2 fully saturated rings. The van der Waals surface area contributed by atoms with Gasteiger partial charge in [0.05, 0.1) is 0 Å². The first-order valence-electron chi connectivity index (χ1n) is 9.63. The minimum absolute atomic E-state index is 0.0789. The summed E-state index contributed by atoms with van der Waals surface area (Å²) in [5.74, 6) is 2.89. The molecule has 0 amide bonds. The summed E-state index contributed by atoms with van der Waals surface area (Å²) in [6.45, 7) is 2.20. The lowest BCUT2D eigenvalue weighted by atomic mass is 10.0. The number of hydrogen-bond donors (Lipinski definition) is 0. The Balaban J connectivity index is 1.32. The van der Waals surface area contributed by atoms with Crippen molar-refractivity contribution in [2.75, 3.05) is 0 Å². The summed E-state index contributed by atoms with van der Waals surface area (Å²) >= 11 is 0. The molecule has 2 aliphatic carbocycles. The van der Waals surface area contributed by atoms with E-state index < -0.39 is 0 Å². The van der Waals surface area contributed by atoms with E-state index in [0.717, 1.165) is 23.8 Å². The van der Waals surface area contributed by atoms with Crippen LogP contribution in [-0.2, 0) is 11.2 Å². The molecule has 2 aromatic rings. The number of carbonyl (C=O) groups is 1. The van der Waals surface area contributed by atoms with Crippen molar-refractivity contribution in [1.29, 1.82) is 0 Å². The molecule has 0 unspecified atom stereocenters. The van der Waals surface area contributed by atoms with Gasteiger partial charge < -0.3 is 4.74 Å². The van der Waals surface area contributed by atoms with E-state index in [2.05, 4.69) is 31.2 Å². The van der Waals surface area contributed by atoms with Gasteiger partial charge in [0.25, 0.3) is 0 Å². The predicted molar refractivity (Wildman–Crippen MR) is 100 cm³/mol. The van der Waals surface area contributed by atoms with Gasteiger partial charge >= 0.3 is 5.97 Å². The van der Waals surface area contributed by atoms with Crippen LogP contribution in [0.1, 0.15) is 44.6 Å². The second-order valence-corrected chi connectivity index (χ2v) is 7.65. The molecule has 0 spiro atoms. The maximum Gasteiger partial charge on any atom is 0.311 e. The number of benzene rings is 2. The highest BCUT2D eigenvalue weighted by molar-refractivity contribution is 5.73. The molecule has 0 bridgehead atoms. The van der Waals surface area contributed by atoms with E-state index in [-0.39, 0.29) is 5.97 Å². The number of aryl methyl sites for hydroxylation is 1. The fourth-order valence-corrected chi connectivity index (χ4v) is 3.86. The molecule has 130 valence electrons. The van der Waals surface area contributed by atoms with Gasteiger partial charge in [0.1, 0.15) is 5.75 Å². The predicted octanol–water partition coefficient (Wildman–Crippen LogP) is 5.65. The van der Waals surface area contributed by atoms with Gasteiger partial charge in [-0.25, -0.2) is 0 Å².